The first-order valence-electron chi connectivity index (χ1n) is 13.2. The summed E-state index contributed by atoms with van der Waals surface area (Å²) < 4.78 is 14.4. The van der Waals surface area contributed by atoms with Crippen molar-refractivity contribution in [1.82, 2.24) is 15.5 Å². The number of benzene rings is 3. The van der Waals surface area contributed by atoms with Crippen LogP contribution in [0, 0.1) is 12.7 Å². The van der Waals surface area contributed by atoms with E-state index in [1.165, 1.54) is 17.2 Å². The molecule has 0 aliphatic carbocycles. The first-order valence-corrected chi connectivity index (χ1v) is 13.2. The van der Waals surface area contributed by atoms with E-state index in [9.17, 15) is 9.18 Å². The van der Waals surface area contributed by atoms with Gasteiger partial charge in [0, 0.05) is 37.4 Å². The zero-order chi connectivity index (χ0) is 27.8. The quantitative estimate of drug-likeness (QED) is 0.161. The van der Waals surface area contributed by atoms with E-state index in [0.717, 1.165) is 11.1 Å². The number of amides is 1. The van der Waals surface area contributed by atoms with Gasteiger partial charge in [0.15, 0.2) is 5.96 Å². The van der Waals surface area contributed by atoms with Crippen molar-refractivity contribution in [2.24, 2.45) is 16.5 Å². The Hall–Kier alpha value is -4.17. The van der Waals surface area contributed by atoms with Gasteiger partial charge in [-0.25, -0.2) is 4.39 Å². The number of hydrogen-bond acceptors (Lipinski definition) is 4. The van der Waals surface area contributed by atoms with Crippen LogP contribution in [0.5, 0.6) is 0 Å². The Morgan fingerprint density at radius 3 is 2.36 bits per heavy atom. The van der Waals surface area contributed by atoms with E-state index < -0.39 is 12.1 Å². The summed E-state index contributed by atoms with van der Waals surface area (Å²) in [4.78, 5) is 20.2. The summed E-state index contributed by atoms with van der Waals surface area (Å²) in [6.07, 6.45) is 1.19. The van der Waals surface area contributed by atoms with Gasteiger partial charge in [-0.15, -0.1) is 0 Å². The number of carbonyl (C=O) groups is 1. The number of nitrogens with two attached hydrogens (primary N) is 2. The van der Waals surface area contributed by atoms with E-state index in [4.69, 9.17) is 11.5 Å². The summed E-state index contributed by atoms with van der Waals surface area (Å²) in [7, 11) is 0. The number of nitrogens with zero attached hydrogens (tertiary/aromatic N) is 2. The third-order valence-corrected chi connectivity index (χ3v) is 6.99. The second-order valence-corrected chi connectivity index (χ2v) is 9.97. The molecule has 7 nitrogen and oxygen atoms in total. The molecule has 1 amide bonds. The Labute approximate surface area is 229 Å². The highest BCUT2D eigenvalue weighted by Gasteiger charge is 2.33. The van der Waals surface area contributed by atoms with Crippen molar-refractivity contribution in [3.8, 4) is 0 Å². The number of hydrogen-bond donors (Lipinski definition) is 4. The van der Waals surface area contributed by atoms with Crippen LogP contribution in [0.15, 0.2) is 90.1 Å². The van der Waals surface area contributed by atoms with E-state index in [-0.39, 0.29) is 24.2 Å². The lowest BCUT2D eigenvalue weighted by atomic mass is 10.0. The van der Waals surface area contributed by atoms with Crippen LogP contribution in [0.4, 0.5) is 4.39 Å². The minimum atomic E-state index is -0.485. The van der Waals surface area contributed by atoms with Crippen molar-refractivity contribution in [3.05, 3.63) is 119 Å². The monoisotopic (exact) mass is 528 g/mol. The van der Waals surface area contributed by atoms with Crippen LogP contribution >= 0.6 is 0 Å². The molecule has 0 saturated heterocycles. The maximum absolute atomic E-state index is 14.4. The molecule has 1 aliphatic rings. The van der Waals surface area contributed by atoms with E-state index in [2.05, 4.69) is 39.2 Å². The van der Waals surface area contributed by atoms with Gasteiger partial charge in [0.2, 0.25) is 5.91 Å². The number of carbonyl (C=O) groups excluding carboxylic acids is 1. The molecule has 0 aromatic heterocycles. The Balaban J connectivity index is 1.51. The molecule has 0 bridgehead atoms. The fourth-order valence-corrected chi connectivity index (χ4v) is 4.92. The molecule has 204 valence electrons. The van der Waals surface area contributed by atoms with Crippen molar-refractivity contribution in [3.63, 3.8) is 0 Å². The SMILES string of the molecule is C=C(NCc1ccc(C)cc1F)C(CCCN=C(N)N)NC(=O)C(c1ccccc1)N1Cc2ccccc2C1. The van der Waals surface area contributed by atoms with Crippen LogP contribution in [0.2, 0.25) is 0 Å². The fraction of sp³-hybridized carbons (Fsp3) is 0.290. The number of halogens is 1. The van der Waals surface area contributed by atoms with Crippen LogP contribution in [0.25, 0.3) is 0 Å². The molecule has 2 unspecified atom stereocenters. The molecule has 0 saturated carbocycles. The van der Waals surface area contributed by atoms with Crippen LogP contribution in [-0.4, -0.2) is 29.4 Å². The molecule has 0 spiro atoms. The predicted molar refractivity (Wildman–Crippen MR) is 154 cm³/mol. The van der Waals surface area contributed by atoms with Gasteiger partial charge in [0.05, 0.1) is 6.04 Å². The van der Waals surface area contributed by atoms with Crippen molar-refractivity contribution in [2.45, 2.75) is 51.5 Å². The van der Waals surface area contributed by atoms with Crippen molar-refractivity contribution in [1.29, 1.82) is 0 Å². The summed E-state index contributed by atoms with van der Waals surface area (Å²) in [5, 5.41) is 6.45. The smallest absolute Gasteiger partial charge is 0.242 e. The highest BCUT2D eigenvalue weighted by atomic mass is 19.1. The topological polar surface area (TPSA) is 109 Å². The molecule has 3 aromatic rings. The number of guanidine groups is 1. The average Bonchev–Trinajstić information content (AvgIpc) is 3.34. The molecule has 2 atom stereocenters. The molecule has 1 heterocycles. The van der Waals surface area contributed by atoms with Crippen molar-refractivity contribution < 1.29 is 9.18 Å². The van der Waals surface area contributed by atoms with Gasteiger partial charge in [0.25, 0.3) is 0 Å². The largest absolute Gasteiger partial charge is 0.383 e. The van der Waals surface area contributed by atoms with E-state index >= 15 is 0 Å². The second kappa shape index (κ2) is 13.1. The first kappa shape index (κ1) is 27.9. The number of fused-ring (bicyclic) bond motifs is 1. The van der Waals surface area contributed by atoms with Crippen LogP contribution in [-0.2, 0) is 24.4 Å². The van der Waals surface area contributed by atoms with Crippen LogP contribution in [0.1, 0.15) is 46.7 Å². The summed E-state index contributed by atoms with van der Waals surface area (Å²) in [6.45, 7) is 8.11. The Kier molecular flexibility index (Phi) is 9.33. The Morgan fingerprint density at radius 1 is 1.05 bits per heavy atom. The molecule has 0 fully saturated rings. The van der Waals surface area contributed by atoms with E-state index in [1.54, 1.807) is 6.07 Å². The highest BCUT2D eigenvalue weighted by Crippen LogP contribution is 2.32. The van der Waals surface area contributed by atoms with Gasteiger partial charge in [-0.3, -0.25) is 14.7 Å². The Bertz CT molecular complexity index is 1300. The second-order valence-electron chi connectivity index (χ2n) is 9.97. The van der Waals surface area contributed by atoms with E-state index in [1.807, 2.05) is 55.5 Å². The number of aliphatic imine (C=N–C) groups is 1. The molecular formula is C31H37FN6O. The molecule has 1 aliphatic heterocycles. The lowest BCUT2D eigenvalue weighted by Crippen LogP contribution is -2.45. The number of nitrogens with one attached hydrogen (secondary N) is 2. The lowest BCUT2D eigenvalue weighted by Gasteiger charge is -2.30. The average molecular weight is 529 g/mol. The summed E-state index contributed by atoms with van der Waals surface area (Å²) in [5.74, 6) is -0.369. The van der Waals surface area contributed by atoms with Crippen LogP contribution in [0.3, 0.4) is 0 Å². The third kappa shape index (κ3) is 7.45. The standard InChI is InChI=1S/C31H37FN6O/c1-21-14-15-24(27(32)17-21)18-36-22(2)28(13-8-16-35-31(33)34)37-30(39)29(23-9-4-3-5-10-23)38-19-25-11-6-7-12-26(25)20-38/h3-7,9-12,14-15,17,28-29,36H,2,8,13,16,18-20H2,1H3,(H,37,39)(H4,33,34,35). The number of rotatable bonds is 12. The van der Waals surface area contributed by atoms with Gasteiger partial charge >= 0.3 is 0 Å². The van der Waals surface area contributed by atoms with Gasteiger partial charge in [-0.2, -0.15) is 0 Å². The minimum Gasteiger partial charge on any atom is -0.383 e. The van der Waals surface area contributed by atoms with Gasteiger partial charge in [-0.05, 0) is 48.1 Å². The minimum absolute atomic E-state index is 0.0279. The van der Waals surface area contributed by atoms with Gasteiger partial charge in [0.1, 0.15) is 11.9 Å². The molecule has 39 heavy (non-hydrogen) atoms. The zero-order valence-electron chi connectivity index (χ0n) is 22.4. The van der Waals surface area contributed by atoms with Crippen LogP contribution < -0.4 is 22.1 Å². The molecule has 4 rings (SSSR count). The van der Waals surface area contributed by atoms with Gasteiger partial charge < -0.3 is 22.1 Å². The molecule has 3 aromatic carbocycles. The van der Waals surface area contributed by atoms with E-state index in [0.29, 0.717) is 43.7 Å². The first-order chi connectivity index (χ1) is 18.8. The summed E-state index contributed by atoms with van der Waals surface area (Å²) in [5.41, 5.74) is 16.3. The fourth-order valence-electron chi connectivity index (χ4n) is 4.92. The highest BCUT2D eigenvalue weighted by molar-refractivity contribution is 5.84. The maximum Gasteiger partial charge on any atom is 0.242 e. The summed E-state index contributed by atoms with van der Waals surface area (Å²) in [6, 6.07) is 22.3. The molecular weight excluding hydrogens is 491 g/mol. The predicted octanol–water partition coefficient (Wildman–Crippen LogP) is 4.03. The maximum atomic E-state index is 14.4. The van der Waals surface area contributed by atoms with Gasteiger partial charge in [-0.1, -0.05) is 73.3 Å². The lowest BCUT2D eigenvalue weighted by molar-refractivity contribution is -0.127. The van der Waals surface area contributed by atoms with Crippen molar-refractivity contribution in [2.75, 3.05) is 6.54 Å². The number of aryl methyl sites for hydroxylation is 1. The third-order valence-electron chi connectivity index (χ3n) is 6.99. The van der Waals surface area contributed by atoms with Crippen molar-refractivity contribution >= 4 is 11.9 Å². The Morgan fingerprint density at radius 2 is 1.72 bits per heavy atom. The normalized spacial score (nSPS) is 14.2. The zero-order valence-corrected chi connectivity index (χ0v) is 22.4. The molecule has 6 N–H and O–H groups in total. The molecule has 8 heteroatoms. The summed E-state index contributed by atoms with van der Waals surface area (Å²) >= 11 is 0. The molecule has 0 radical (unpaired) electrons.